The second-order valence-electron chi connectivity index (χ2n) is 8.04. The van der Waals surface area contributed by atoms with Crippen LogP contribution in [0, 0.1) is 6.92 Å². The molecule has 2 aromatic carbocycles. The number of aryl methyl sites for hydroxylation is 1. The van der Waals surface area contributed by atoms with Gasteiger partial charge in [-0.1, -0.05) is 37.5 Å². The van der Waals surface area contributed by atoms with Crippen molar-refractivity contribution in [3.05, 3.63) is 65.7 Å². The summed E-state index contributed by atoms with van der Waals surface area (Å²) in [5.74, 6) is 1.23. The molecule has 1 aliphatic carbocycles. The van der Waals surface area contributed by atoms with Crippen LogP contribution in [-0.4, -0.2) is 18.0 Å². The number of carbonyl (C=O) groups is 1. The third-order valence-electron chi connectivity index (χ3n) is 6.30. The zero-order valence-electron chi connectivity index (χ0n) is 17.4. The van der Waals surface area contributed by atoms with E-state index in [4.69, 9.17) is 4.74 Å². The third-order valence-corrected chi connectivity index (χ3v) is 6.30. The summed E-state index contributed by atoms with van der Waals surface area (Å²) in [6, 6.07) is 12.4. The van der Waals surface area contributed by atoms with E-state index in [1.165, 1.54) is 59.8 Å². The van der Waals surface area contributed by atoms with Crippen molar-refractivity contribution in [1.82, 2.24) is 4.57 Å². The normalized spacial score (nSPS) is 14.8. The largest absolute Gasteiger partial charge is 0.497 e. The topological polar surface area (TPSA) is 31.2 Å². The molecule has 0 bridgehead atoms. The van der Waals surface area contributed by atoms with Crippen molar-refractivity contribution in [2.45, 2.75) is 51.5 Å². The maximum atomic E-state index is 12.0. The highest BCUT2D eigenvalue weighted by Crippen LogP contribution is 2.45. The Balaban J connectivity index is 2.09. The average molecular weight is 388 g/mol. The summed E-state index contributed by atoms with van der Waals surface area (Å²) >= 11 is 0. The lowest BCUT2D eigenvalue weighted by atomic mass is 9.81. The van der Waals surface area contributed by atoms with Crippen molar-refractivity contribution >= 4 is 17.2 Å². The molecule has 1 saturated carbocycles. The van der Waals surface area contributed by atoms with Gasteiger partial charge in [0.05, 0.1) is 12.8 Å². The molecule has 0 atom stereocenters. The minimum absolute atomic E-state index is 0.523. The number of nitrogens with zero attached hydrogens (tertiary/aromatic N) is 1. The molecule has 0 saturated heterocycles. The fourth-order valence-corrected chi connectivity index (χ4v) is 4.99. The minimum atomic E-state index is 0.523. The number of ether oxygens (including phenoxy) is 1. The number of fused-ring (bicyclic) bond motifs is 1. The van der Waals surface area contributed by atoms with Crippen molar-refractivity contribution in [2.75, 3.05) is 7.11 Å². The Hall–Kier alpha value is -2.81. The lowest BCUT2D eigenvalue weighted by molar-refractivity contribution is 0.112. The van der Waals surface area contributed by atoms with E-state index in [1.54, 1.807) is 7.11 Å². The van der Waals surface area contributed by atoms with Crippen LogP contribution in [0.5, 0.6) is 5.75 Å². The lowest BCUT2D eigenvalue weighted by Gasteiger charge is -2.24. The van der Waals surface area contributed by atoms with E-state index in [9.17, 15) is 4.79 Å². The van der Waals surface area contributed by atoms with Gasteiger partial charge < -0.3 is 9.30 Å². The van der Waals surface area contributed by atoms with Gasteiger partial charge in [-0.25, -0.2) is 0 Å². The molecule has 3 aromatic rings. The maximum Gasteiger partial charge on any atom is 0.150 e. The van der Waals surface area contributed by atoms with Gasteiger partial charge in [0.25, 0.3) is 0 Å². The maximum absolute atomic E-state index is 12.0. The molecule has 0 spiro atoms. The number of rotatable bonds is 6. The van der Waals surface area contributed by atoms with Crippen LogP contribution < -0.4 is 4.74 Å². The van der Waals surface area contributed by atoms with Crippen LogP contribution in [0.4, 0.5) is 0 Å². The summed E-state index contributed by atoms with van der Waals surface area (Å²) in [4.78, 5) is 12.0. The van der Waals surface area contributed by atoms with Crippen molar-refractivity contribution in [2.24, 2.45) is 0 Å². The Morgan fingerprint density at radius 1 is 1.17 bits per heavy atom. The smallest absolute Gasteiger partial charge is 0.150 e. The molecule has 0 radical (unpaired) electrons. The predicted molar refractivity (Wildman–Crippen MR) is 120 cm³/mol. The van der Waals surface area contributed by atoms with Gasteiger partial charge in [-0.05, 0) is 61.1 Å². The molecule has 3 nitrogen and oxygen atoms in total. The third kappa shape index (κ3) is 3.39. The molecule has 1 aromatic heterocycles. The molecule has 4 rings (SSSR count). The fourth-order valence-electron chi connectivity index (χ4n) is 4.99. The first kappa shape index (κ1) is 19.5. The van der Waals surface area contributed by atoms with Crippen LogP contribution in [0.3, 0.4) is 0 Å². The summed E-state index contributed by atoms with van der Waals surface area (Å²) < 4.78 is 7.71. The molecule has 1 heterocycles. The molecule has 0 N–H and O–H groups in total. The van der Waals surface area contributed by atoms with Crippen molar-refractivity contribution in [3.8, 4) is 17.0 Å². The van der Waals surface area contributed by atoms with Crippen LogP contribution in [0.15, 0.2) is 49.1 Å². The van der Waals surface area contributed by atoms with Gasteiger partial charge in [-0.2, -0.15) is 0 Å². The van der Waals surface area contributed by atoms with E-state index in [0.717, 1.165) is 11.8 Å². The second kappa shape index (κ2) is 8.28. The summed E-state index contributed by atoms with van der Waals surface area (Å²) in [6.45, 7) is 6.92. The Morgan fingerprint density at radius 3 is 2.66 bits per heavy atom. The van der Waals surface area contributed by atoms with Crippen LogP contribution >= 0.6 is 0 Å². The zero-order valence-corrected chi connectivity index (χ0v) is 17.4. The lowest BCUT2D eigenvalue weighted by Crippen LogP contribution is -2.08. The number of allylic oxidation sites excluding steroid dienone is 1. The molecule has 29 heavy (non-hydrogen) atoms. The summed E-state index contributed by atoms with van der Waals surface area (Å²) in [7, 11) is 1.63. The van der Waals surface area contributed by atoms with Crippen LogP contribution in [0.2, 0.25) is 0 Å². The Kier molecular flexibility index (Phi) is 5.57. The molecule has 1 fully saturated rings. The molecule has 0 amide bonds. The van der Waals surface area contributed by atoms with E-state index < -0.39 is 0 Å². The van der Waals surface area contributed by atoms with Crippen LogP contribution in [0.1, 0.15) is 59.5 Å². The molecule has 3 heteroatoms. The number of carbonyl (C=O) groups excluding carboxylic acids is 1. The predicted octanol–water partition coefficient (Wildman–Crippen LogP) is 6.67. The van der Waals surface area contributed by atoms with E-state index in [0.29, 0.717) is 23.8 Å². The number of benzene rings is 2. The first-order valence-corrected chi connectivity index (χ1v) is 10.6. The SMILES string of the molecule is C=CCn1c(-c2ccc(OC)cc2C=O)c(C2CCCCC2)c2c(C)cccc21. The Morgan fingerprint density at radius 2 is 1.97 bits per heavy atom. The van der Waals surface area contributed by atoms with Crippen molar-refractivity contribution in [3.63, 3.8) is 0 Å². The highest BCUT2D eigenvalue weighted by Gasteiger charge is 2.28. The number of hydrogen-bond acceptors (Lipinski definition) is 2. The highest BCUT2D eigenvalue weighted by atomic mass is 16.5. The average Bonchev–Trinajstić information content (AvgIpc) is 3.09. The van der Waals surface area contributed by atoms with Crippen molar-refractivity contribution in [1.29, 1.82) is 0 Å². The van der Waals surface area contributed by atoms with E-state index in [2.05, 4.69) is 36.3 Å². The van der Waals surface area contributed by atoms with Gasteiger partial charge in [0.1, 0.15) is 5.75 Å². The minimum Gasteiger partial charge on any atom is -0.497 e. The van der Waals surface area contributed by atoms with E-state index >= 15 is 0 Å². The summed E-state index contributed by atoms with van der Waals surface area (Å²) in [5, 5.41) is 1.35. The monoisotopic (exact) mass is 387 g/mol. The quantitative estimate of drug-likeness (QED) is 0.349. The first-order valence-electron chi connectivity index (χ1n) is 10.6. The summed E-state index contributed by atoms with van der Waals surface area (Å²) in [6.07, 6.45) is 9.17. The molecule has 150 valence electrons. The van der Waals surface area contributed by atoms with E-state index in [1.807, 2.05) is 24.3 Å². The summed E-state index contributed by atoms with van der Waals surface area (Å²) in [5.41, 5.74) is 6.77. The number of aromatic nitrogens is 1. The first-order chi connectivity index (χ1) is 14.2. The molecule has 0 aliphatic heterocycles. The number of hydrogen-bond donors (Lipinski definition) is 0. The highest BCUT2D eigenvalue weighted by molar-refractivity contribution is 5.98. The Bertz CT molecular complexity index is 1050. The van der Waals surface area contributed by atoms with Gasteiger partial charge >= 0.3 is 0 Å². The van der Waals surface area contributed by atoms with Crippen LogP contribution in [0.25, 0.3) is 22.2 Å². The fraction of sp³-hybridized carbons (Fsp3) is 0.346. The molecule has 0 unspecified atom stereocenters. The van der Waals surface area contributed by atoms with Crippen LogP contribution in [-0.2, 0) is 6.54 Å². The number of methoxy groups -OCH3 is 1. The van der Waals surface area contributed by atoms with E-state index in [-0.39, 0.29) is 0 Å². The van der Waals surface area contributed by atoms with Gasteiger partial charge in [0.15, 0.2) is 6.29 Å². The second-order valence-corrected chi connectivity index (χ2v) is 8.04. The van der Waals surface area contributed by atoms with Gasteiger partial charge in [-0.3, -0.25) is 4.79 Å². The standard InChI is InChI=1S/C26H29NO2/c1-4-15-27-23-12-8-9-18(2)24(23)25(19-10-6-5-7-11-19)26(27)22-14-13-21(29-3)16-20(22)17-28/h4,8-9,12-14,16-17,19H,1,5-7,10-11,15H2,2-3H3. The van der Waals surface area contributed by atoms with Gasteiger partial charge in [0, 0.05) is 28.6 Å². The zero-order chi connectivity index (χ0) is 20.4. The molecule has 1 aliphatic rings. The number of aldehydes is 1. The molecular weight excluding hydrogens is 358 g/mol. The van der Waals surface area contributed by atoms with Gasteiger partial charge in [-0.15, -0.1) is 6.58 Å². The Labute approximate surface area is 173 Å². The molecular formula is C26H29NO2. The van der Waals surface area contributed by atoms with Gasteiger partial charge in [0.2, 0.25) is 0 Å². The van der Waals surface area contributed by atoms with Crippen molar-refractivity contribution < 1.29 is 9.53 Å².